The highest BCUT2D eigenvalue weighted by atomic mass is 19.4. The Balaban J connectivity index is 2.23. The van der Waals surface area contributed by atoms with E-state index >= 15 is 0 Å². The molecule has 2 heterocycles. The lowest BCUT2D eigenvalue weighted by molar-refractivity contribution is -0.138. The van der Waals surface area contributed by atoms with Crippen molar-refractivity contribution in [3.63, 3.8) is 0 Å². The van der Waals surface area contributed by atoms with Crippen LogP contribution in [0, 0.1) is 6.92 Å². The molecule has 0 bridgehead atoms. The van der Waals surface area contributed by atoms with Gasteiger partial charge in [-0.1, -0.05) is 19.1 Å². The van der Waals surface area contributed by atoms with Gasteiger partial charge >= 0.3 is 6.18 Å². The number of carbonyl (C=O) groups is 1. The highest BCUT2D eigenvalue weighted by Crippen LogP contribution is 2.38. The number of hydrogen-bond acceptors (Lipinski definition) is 3. The zero-order valence-electron chi connectivity index (χ0n) is 16.3. The molecule has 2 aromatic rings. The van der Waals surface area contributed by atoms with E-state index in [0.717, 1.165) is 6.07 Å². The molecule has 5 nitrogen and oxygen atoms in total. The van der Waals surface area contributed by atoms with Crippen molar-refractivity contribution in [2.24, 2.45) is 5.73 Å². The normalized spacial score (nSPS) is 16.6. The first-order valence-corrected chi connectivity index (χ1v) is 9.42. The van der Waals surface area contributed by atoms with Gasteiger partial charge in [0.05, 0.1) is 11.1 Å². The van der Waals surface area contributed by atoms with Crippen LogP contribution in [-0.2, 0) is 10.9 Å². The van der Waals surface area contributed by atoms with Crippen LogP contribution in [0.15, 0.2) is 35.1 Å². The van der Waals surface area contributed by atoms with E-state index in [4.69, 9.17) is 10.5 Å². The van der Waals surface area contributed by atoms with E-state index < -0.39 is 23.6 Å². The third kappa shape index (κ3) is 4.07. The SMILES string of the molecule is Cc1c(C(C)c2c(C(N)=O)ccc(=O)n2C2CCOCC2)cccc1C(F)(F)F. The molecule has 1 fully saturated rings. The van der Waals surface area contributed by atoms with Gasteiger partial charge < -0.3 is 15.0 Å². The van der Waals surface area contributed by atoms with E-state index in [0.29, 0.717) is 37.3 Å². The monoisotopic (exact) mass is 408 g/mol. The summed E-state index contributed by atoms with van der Waals surface area (Å²) >= 11 is 0. The maximum absolute atomic E-state index is 13.4. The minimum Gasteiger partial charge on any atom is -0.381 e. The number of pyridine rings is 1. The minimum absolute atomic E-state index is 0.0674. The number of carbonyl (C=O) groups excluding carboxylic acids is 1. The van der Waals surface area contributed by atoms with Crippen LogP contribution in [0.4, 0.5) is 13.2 Å². The highest BCUT2D eigenvalue weighted by molar-refractivity contribution is 5.94. The number of nitrogens with zero attached hydrogens (tertiary/aromatic N) is 1. The highest BCUT2D eigenvalue weighted by Gasteiger charge is 2.34. The molecule has 1 aromatic carbocycles. The molecule has 0 aliphatic carbocycles. The molecular weight excluding hydrogens is 385 g/mol. The van der Waals surface area contributed by atoms with Crippen LogP contribution in [0.25, 0.3) is 0 Å². The molecule has 0 radical (unpaired) electrons. The quantitative estimate of drug-likeness (QED) is 0.837. The van der Waals surface area contributed by atoms with Gasteiger partial charge in [-0.25, -0.2) is 0 Å². The average Bonchev–Trinajstić information content (AvgIpc) is 2.66. The maximum atomic E-state index is 13.4. The van der Waals surface area contributed by atoms with Crippen LogP contribution in [-0.4, -0.2) is 23.7 Å². The molecule has 29 heavy (non-hydrogen) atoms. The van der Waals surface area contributed by atoms with Crippen LogP contribution >= 0.6 is 0 Å². The Morgan fingerprint density at radius 2 is 1.86 bits per heavy atom. The Morgan fingerprint density at radius 3 is 2.45 bits per heavy atom. The van der Waals surface area contributed by atoms with Crippen molar-refractivity contribution in [3.8, 4) is 0 Å². The first-order valence-electron chi connectivity index (χ1n) is 9.42. The maximum Gasteiger partial charge on any atom is 0.416 e. The zero-order chi connectivity index (χ0) is 21.3. The second-order valence-corrected chi connectivity index (χ2v) is 7.29. The zero-order valence-corrected chi connectivity index (χ0v) is 16.3. The Kier molecular flexibility index (Phi) is 5.84. The van der Waals surface area contributed by atoms with Gasteiger partial charge in [0.2, 0.25) is 0 Å². The molecule has 8 heteroatoms. The standard InChI is InChI=1S/C21H23F3N2O3/c1-12-15(4-3-5-17(12)21(22,23)24)13(2)19-16(20(25)28)6-7-18(27)26(19)14-8-10-29-11-9-14/h3-7,13-14H,8-11H2,1-2H3,(H2,25,28). The second-order valence-electron chi connectivity index (χ2n) is 7.29. The lowest BCUT2D eigenvalue weighted by atomic mass is 9.87. The summed E-state index contributed by atoms with van der Waals surface area (Å²) in [7, 11) is 0. The molecule has 0 saturated carbocycles. The van der Waals surface area contributed by atoms with Crippen LogP contribution in [0.2, 0.25) is 0 Å². The first kappa shape index (κ1) is 21.1. The molecule has 156 valence electrons. The number of ether oxygens (including phenoxy) is 1. The lowest BCUT2D eigenvalue weighted by Gasteiger charge is -2.30. The van der Waals surface area contributed by atoms with Gasteiger partial charge in [-0.15, -0.1) is 0 Å². The van der Waals surface area contributed by atoms with E-state index in [1.165, 1.54) is 29.7 Å². The molecule has 1 unspecified atom stereocenters. The van der Waals surface area contributed by atoms with Crippen molar-refractivity contribution in [2.75, 3.05) is 13.2 Å². The molecule has 0 spiro atoms. The second kappa shape index (κ2) is 8.02. The predicted molar refractivity (Wildman–Crippen MR) is 102 cm³/mol. The third-order valence-electron chi connectivity index (χ3n) is 5.54. The smallest absolute Gasteiger partial charge is 0.381 e. The Morgan fingerprint density at radius 1 is 1.21 bits per heavy atom. The Hall–Kier alpha value is -2.61. The Labute approximate surface area is 166 Å². The number of hydrogen-bond donors (Lipinski definition) is 1. The number of amides is 1. The fourth-order valence-electron chi connectivity index (χ4n) is 4.12. The van der Waals surface area contributed by atoms with Gasteiger partial charge in [0.25, 0.3) is 11.5 Å². The number of primary amides is 1. The molecule has 1 aromatic heterocycles. The van der Waals surface area contributed by atoms with Crippen molar-refractivity contribution >= 4 is 5.91 Å². The number of halogens is 3. The van der Waals surface area contributed by atoms with E-state index in [9.17, 15) is 22.8 Å². The molecular formula is C21H23F3N2O3. The first-order chi connectivity index (χ1) is 13.6. The van der Waals surface area contributed by atoms with Gasteiger partial charge in [0, 0.05) is 36.9 Å². The van der Waals surface area contributed by atoms with Crippen molar-refractivity contribution in [3.05, 3.63) is 68.6 Å². The van der Waals surface area contributed by atoms with Gasteiger partial charge in [0.15, 0.2) is 0 Å². The largest absolute Gasteiger partial charge is 0.416 e. The lowest BCUT2D eigenvalue weighted by Crippen LogP contribution is -2.34. The van der Waals surface area contributed by atoms with E-state index in [2.05, 4.69) is 0 Å². The summed E-state index contributed by atoms with van der Waals surface area (Å²) in [5.41, 5.74) is 5.46. The van der Waals surface area contributed by atoms with Crippen molar-refractivity contribution in [1.82, 2.24) is 4.57 Å². The predicted octanol–water partition coefficient (Wildman–Crippen LogP) is 3.78. The van der Waals surface area contributed by atoms with Gasteiger partial charge in [0.1, 0.15) is 0 Å². The number of aromatic nitrogens is 1. The van der Waals surface area contributed by atoms with Crippen molar-refractivity contribution in [1.29, 1.82) is 0 Å². The molecule has 1 aliphatic rings. The topological polar surface area (TPSA) is 74.3 Å². The third-order valence-corrected chi connectivity index (χ3v) is 5.54. The van der Waals surface area contributed by atoms with Gasteiger partial charge in [-0.05, 0) is 43.0 Å². The minimum atomic E-state index is -4.50. The summed E-state index contributed by atoms with van der Waals surface area (Å²) in [5.74, 6) is -1.37. The number of alkyl halides is 3. The number of rotatable bonds is 4. The average molecular weight is 408 g/mol. The van der Waals surface area contributed by atoms with Crippen LogP contribution < -0.4 is 11.3 Å². The van der Waals surface area contributed by atoms with Gasteiger partial charge in [-0.3, -0.25) is 9.59 Å². The van der Waals surface area contributed by atoms with Gasteiger partial charge in [-0.2, -0.15) is 13.2 Å². The van der Waals surface area contributed by atoms with Crippen molar-refractivity contribution < 1.29 is 22.7 Å². The molecule has 1 saturated heterocycles. The summed E-state index contributed by atoms with van der Waals surface area (Å²) in [6.07, 6.45) is -3.35. The molecule has 1 atom stereocenters. The van der Waals surface area contributed by atoms with Crippen molar-refractivity contribution in [2.45, 2.75) is 44.8 Å². The fourth-order valence-corrected chi connectivity index (χ4v) is 4.12. The van der Waals surface area contributed by atoms with E-state index in [1.54, 1.807) is 13.0 Å². The molecule has 3 rings (SSSR count). The van der Waals surface area contributed by atoms with Crippen LogP contribution in [0.1, 0.15) is 64.5 Å². The summed E-state index contributed by atoms with van der Waals surface area (Å²) in [4.78, 5) is 24.9. The fraction of sp³-hybridized carbons (Fsp3) is 0.429. The summed E-state index contributed by atoms with van der Waals surface area (Å²) in [6, 6.07) is 6.38. The van der Waals surface area contributed by atoms with Crippen LogP contribution in [0.3, 0.4) is 0 Å². The summed E-state index contributed by atoms with van der Waals surface area (Å²) < 4.78 is 47.1. The van der Waals surface area contributed by atoms with Crippen LogP contribution in [0.5, 0.6) is 0 Å². The Bertz CT molecular complexity index is 976. The molecule has 1 amide bonds. The summed E-state index contributed by atoms with van der Waals surface area (Å²) in [5, 5.41) is 0. The number of benzene rings is 1. The van der Waals surface area contributed by atoms with E-state index in [1.807, 2.05) is 0 Å². The van der Waals surface area contributed by atoms with E-state index in [-0.39, 0.29) is 22.7 Å². The summed E-state index contributed by atoms with van der Waals surface area (Å²) in [6.45, 7) is 4.03. The number of nitrogens with two attached hydrogens (primary N) is 1. The molecule has 1 aliphatic heterocycles. The molecule has 2 N–H and O–H groups in total.